The van der Waals surface area contributed by atoms with Gasteiger partial charge in [-0.1, -0.05) is 29.8 Å². The highest BCUT2D eigenvalue weighted by Crippen LogP contribution is 2.22. The molecule has 1 saturated heterocycles. The zero-order chi connectivity index (χ0) is 20.2. The van der Waals surface area contributed by atoms with Crippen LogP contribution in [-0.4, -0.2) is 38.7 Å². The molecule has 4 rings (SSSR count). The standard InChI is InChI=1S/C21H23ClN6O/c1-15-25-19(26-28(15)18-10-4-3-9-17(18)22)21(29)24-14-16-8-7-11-23-20(16)27-12-5-2-6-13-27/h3-4,7-11H,2,5-6,12-14H2,1H3,(H,24,29). The summed E-state index contributed by atoms with van der Waals surface area (Å²) in [4.78, 5) is 23.8. The monoisotopic (exact) mass is 410 g/mol. The van der Waals surface area contributed by atoms with Crippen molar-refractivity contribution in [2.24, 2.45) is 0 Å². The van der Waals surface area contributed by atoms with Crippen molar-refractivity contribution in [2.45, 2.75) is 32.7 Å². The Balaban J connectivity index is 1.49. The van der Waals surface area contributed by atoms with E-state index in [1.54, 1.807) is 23.9 Å². The van der Waals surface area contributed by atoms with Crippen molar-refractivity contribution >= 4 is 23.3 Å². The van der Waals surface area contributed by atoms with Crippen molar-refractivity contribution in [3.8, 4) is 5.69 Å². The van der Waals surface area contributed by atoms with E-state index in [0.29, 0.717) is 23.1 Å². The molecule has 1 fully saturated rings. The Morgan fingerprint density at radius 1 is 1.14 bits per heavy atom. The molecule has 0 unspecified atom stereocenters. The molecular weight excluding hydrogens is 388 g/mol. The maximum absolute atomic E-state index is 12.7. The fourth-order valence-electron chi connectivity index (χ4n) is 3.55. The summed E-state index contributed by atoms with van der Waals surface area (Å²) in [5.41, 5.74) is 1.68. The molecule has 7 nitrogen and oxygen atoms in total. The van der Waals surface area contributed by atoms with E-state index in [1.165, 1.54) is 19.3 Å². The summed E-state index contributed by atoms with van der Waals surface area (Å²) in [5.74, 6) is 1.33. The quantitative estimate of drug-likeness (QED) is 0.696. The molecule has 29 heavy (non-hydrogen) atoms. The van der Waals surface area contributed by atoms with Gasteiger partial charge in [0.15, 0.2) is 0 Å². The molecule has 0 bridgehead atoms. The van der Waals surface area contributed by atoms with E-state index < -0.39 is 0 Å². The Kier molecular flexibility index (Phi) is 5.76. The third-order valence-corrected chi connectivity index (χ3v) is 5.33. The van der Waals surface area contributed by atoms with Crippen molar-refractivity contribution in [3.05, 3.63) is 64.8 Å². The first-order valence-electron chi connectivity index (χ1n) is 9.79. The smallest absolute Gasteiger partial charge is 0.291 e. The maximum atomic E-state index is 12.7. The zero-order valence-corrected chi connectivity index (χ0v) is 17.1. The zero-order valence-electron chi connectivity index (χ0n) is 16.3. The van der Waals surface area contributed by atoms with E-state index in [2.05, 4.69) is 25.3 Å². The summed E-state index contributed by atoms with van der Waals surface area (Å²) in [6.07, 6.45) is 5.40. The molecule has 3 aromatic rings. The number of anilines is 1. The molecule has 1 aliphatic heterocycles. The van der Waals surface area contributed by atoms with Crippen LogP contribution < -0.4 is 10.2 Å². The van der Waals surface area contributed by atoms with Crippen LogP contribution in [0.1, 0.15) is 41.3 Å². The number of aromatic nitrogens is 4. The van der Waals surface area contributed by atoms with Crippen LogP contribution in [-0.2, 0) is 6.54 Å². The fraction of sp³-hybridized carbons (Fsp3) is 0.333. The number of nitrogens with zero attached hydrogens (tertiary/aromatic N) is 5. The van der Waals surface area contributed by atoms with Crippen LogP contribution in [0.25, 0.3) is 5.69 Å². The van der Waals surface area contributed by atoms with Gasteiger partial charge < -0.3 is 10.2 Å². The highest BCUT2D eigenvalue weighted by atomic mass is 35.5. The first-order chi connectivity index (χ1) is 14.1. The number of carbonyl (C=O) groups excluding carboxylic acids is 1. The molecular formula is C21H23ClN6O. The van der Waals surface area contributed by atoms with Gasteiger partial charge in [-0.3, -0.25) is 4.79 Å². The summed E-state index contributed by atoms with van der Waals surface area (Å²) < 4.78 is 1.58. The number of halogens is 1. The van der Waals surface area contributed by atoms with Gasteiger partial charge in [-0.05, 0) is 44.4 Å². The van der Waals surface area contributed by atoms with Gasteiger partial charge in [0.05, 0.1) is 10.7 Å². The molecule has 0 atom stereocenters. The Bertz CT molecular complexity index is 1010. The number of aryl methyl sites for hydroxylation is 1. The minimum Gasteiger partial charge on any atom is -0.356 e. The van der Waals surface area contributed by atoms with Gasteiger partial charge in [0, 0.05) is 31.4 Å². The second-order valence-corrected chi connectivity index (χ2v) is 7.47. The third-order valence-electron chi connectivity index (χ3n) is 5.02. The normalized spacial score (nSPS) is 14.1. The number of amides is 1. The first-order valence-corrected chi connectivity index (χ1v) is 10.2. The second-order valence-electron chi connectivity index (χ2n) is 7.06. The van der Waals surface area contributed by atoms with E-state index in [0.717, 1.165) is 24.5 Å². The third kappa shape index (κ3) is 4.24. The van der Waals surface area contributed by atoms with Gasteiger partial charge in [-0.25, -0.2) is 14.6 Å². The average molecular weight is 411 g/mol. The van der Waals surface area contributed by atoms with E-state index in [4.69, 9.17) is 11.6 Å². The van der Waals surface area contributed by atoms with Crippen molar-refractivity contribution in [1.29, 1.82) is 0 Å². The number of benzene rings is 1. The average Bonchev–Trinajstić information content (AvgIpc) is 3.15. The molecule has 0 radical (unpaired) electrons. The minimum atomic E-state index is -0.327. The highest BCUT2D eigenvalue weighted by Gasteiger charge is 2.19. The molecule has 1 aromatic carbocycles. The maximum Gasteiger partial charge on any atom is 0.291 e. The van der Waals surface area contributed by atoms with Crippen molar-refractivity contribution < 1.29 is 4.79 Å². The van der Waals surface area contributed by atoms with E-state index in [1.807, 2.05) is 30.3 Å². The molecule has 1 amide bonds. The molecule has 2 aromatic heterocycles. The molecule has 0 aliphatic carbocycles. The summed E-state index contributed by atoms with van der Waals surface area (Å²) in [6.45, 7) is 4.17. The highest BCUT2D eigenvalue weighted by molar-refractivity contribution is 6.32. The van der Waals surface area contributed by atoms with Crippen LogP contribution in [0.2, 0.25) is 5.02 Å². The topological polar surface area (TPSA) is 75.9 Å². The molecule has 1 N–H and O–H groups in total. The Morgan fingerprint density at radius 3 is 2.72 bits per heavy atom. The molecule has 8 heteroatoms. The number of piperidine rings is 1. The SMILES string of the molecule is Cc1nc(C(=O)NCc2cccnc2N2CCCCC2)nn1-c1ccccc1Cl. The van der Waals surface area contributed by atoms with Crippen molar-refractivity contribution in [2.75, 3.05) is 18.0 Å². The number of rotatable bonds is 5. The van der Waals surface area contributed by atoms with Crippen molar-refractivity contribution in [1.82, 2.24) is 25.1 Å². The molecule has 0 spiro atoms. The van der Waals surface area contributed by atoms with E-state index >= 15 is 0 Å². The van der Waals surface area contributed by atoms with Crippen LogP contribution in [0.5, 0.6) is 0 Å². The summed E-state index contributed by atoms with van der Waals surface area (Å²) in [6, 6.07) is 11.2. The molecule has 0 saturated carbocycles. The second kappa shape index (κ2) is 8.61. The Morgan fingerprint density at radius 2 is 1.93 bits per heavy atom. The number of hydrogen-bond donors (Lipinski definition) is 1. The Labute approximate surface area is 174 Å². The van der Waals surface area contributed by atoms with Gasteiger partial charge >= 0.3 is 0 Å². The predicted octanol–water partition coefficient (Wildman–Crippen LogP) is 3.54. The van der Waals surface area contributed by atoms with E-state index in [9.17, 15) is 4.79 Å². The lowest BCUT2D eigenvalue weighted by atomic mass is 10.1. The summed E-state index contributed by atoms with van der Waals surface area (Å²) in [5, 5.41) is 7.82. The lowest BCUT2D eigenvalue weighted by Gasteiger charge is -2.29. The van der Waals surface area contributed by atoms with Crippen LogP contribution in [0.4, 0.5) is 5.82 Å². The van der Waals surface area contributed by atoms with Gasteiger partial charge in [0.2, 0.25) is 5.82 Å². The molecule has 3 heterocycles. The van der Waals surface area contributed by atoms with Gasteiger partial charge in [-0.15, -0.1) is 5.10 Å². The van der Waals surface area contributed by atoms with Gasteiger partial charge in [0.25, 0.3) is 5.91 Å². The number of hydrogen-bond acceptors (Lipinski definition) is 5. The summed E-state index contributed by atoms with van der Waals surface area (Å²) >= 11 is 6.25. The predicted molar refractivity (Wildman–Crippen MR) is 113 cm³/mol. The van der Waals surface area contributed by atoms with Gasteiger partial charge in [-0.2, -0.15) is 0 Å². The first kappa shape index (κ1) is 19.4. The van der Waals surface area contributed by atoms with Crippen LogP contribution in [0, 0.1) is 6.92 Å². The fourth-order valence-corrected chi connectivity index (χ4v) is 3.77. The number of nitrogens with one attached hydrogen (secondary N) is 1. The van der Waals surface area contributed by atoms with Gasteiger partial charge in [0.1, 0.15) is 11.6 Å². The summed E-state index contributed by atoms with van der Waals surface area (Å²) in [7, 11) is 0. The van der Waals surface area contributed by atoms with Crippen LogP contribution in [0.3, 0.4) is 0 Å². The molecule has 150 valence electrons. The van der Waals surface area contributed by atoms with Crippen LogP contribution in [0.15, 0.2) is 42.6 Å². The number of pyridine rings is 1. The van der Waals surface area contributed by atoms with E-state index in [-0.39, 0.29) is 11.7 Å². The Hall–Kier alpha value is -2.93. The molecule has 1 aliphatic rings. The minimum absolute atomic E-state index is 0.117. The number of carbonyl (C=O) groups is 1. The number of para-hydroxylation sites is 1. The lowest BCUT2D eigenvalue weighted by Crippen LogP contribution is -2.32. The van der Waals surface area contributed by atoms with Crippen molar-refractivity contribution in [3.63, 3.8) is 0 Å². The van der Waals surface area contributed by atoms with Crippen LogP contribution >= 0.6 is 11.6 Å². The largest absolute Gasteiger partial charge is 0.356 e. The lowest BCUT2D eigenvalue weighted by molar-refractivity contribution is 0.0940.